The Balaban J connectivity index is 1.56. The summed E-state index contributed by atoms with van der Waals surface area (Å²) in [5.41, 5.74) is 1.34. The van der Waals surface area contributed by atoms with Gasteiger partial charge in [0.05, 0.1) is 10.6 Å². The van der Waals surface area contributed by atoms with E-state index in [2.05, 4.69) is 5.32 Å². The second kappa shape index (κ2) is 15.1. The van der Waals surface area contributed by atoms with Gasteiger partial charge in [-0.15, -0.1) is 0 Å². The quantitative estimate of drug-likeness (QED) is 0.214. The fourth-order valence-corrected chi connectivity index (χ4v) is 6.58. The Morgan fingerprint density at radius 2 is 1.47 bits per heavy atom. The van der Waals surface area contributed by atoms with Crippen LogP contribution in [0.25, 0.3) is 0 Å². The van der Waals surface area contributed by atoms with Crippen molar-refractivity contribution in [3.63, 3.8) is 0 Å². The maximum absolute atomic E-state index is 14.4. The second-order valence-corrected chi connectivity index (χ2v) is 12.8. The summed E-state index contributed by atoms with van der Waals surface area (Å²) in [6.07, 6.45) is 0.788. The minimum absolute atomic E-state index is 0.0337. The lowest BCUT2D eigenvalue weighted by Gasteiger charge is -2.34. The van der Waals surface area contributed by atoms with Crippen LogP contribution in [-0.4, -0.2) is 57.5 Å². The van der Waals surface area contributed by atoms with Gasteiger partial charge in [-0.25, -0.2) is 17.2 Å². The number of fused-ring (bicyclic) bond motifs is 1. The molecule has 2 amide bonds. The van der Waals surface area contributed by atoms with Crippen molar-refractivity contribution in [1.82, 2.24) is 10.2 Å². The molecule has 0 saturated carbocycles. The predicted molar refractivity (Wildman–Crippen MR) is 173 cm³/mol. The van der Waals surface area contributed by atoms with E-state index in [1.54, 1.807) is 0 Å². The van der Waals surface area contributed by atoms with Crippen LogP contribution < -0.4 is 19.1 Å². The maximum Gasteiger partial charge on any atom is 0.264 e. The molecule has 4 aromatic rings. The normalized spacial score (nSPS) is 13.0. The van der Waals surface area contributed by atoms with Gasteiger partial charge in [-0.05, 0) is 66.1 Å². The summed E-state index contributed by atoms with van der Waals surface area (Å²) in [4.78, 5) is 29.2. The number of hydrogen-bond acceptors (Lipinski definition) is 6. The highest BCUT2D eigenvalue weighted by atomic mass is 32.2. The van der Waals surface area contributed by atoms with Crippen LogP contribution in [0, 0.1) is 11.6 Å². The van der Waals surface area contributed by atoms with Crippen LogP contribution in [0.3, 0.4) is 0 Å². The van der Waals surface area contributed by atoms with Crippen LogP contribution in [-0.2, 0) is 32.6 Å². The first-order valence-corrected chi connectivity index (χ1v) is 16.6. The standard InChI is InChI=1S/C35H35F2N3O6S/c1-2-18-38-35(42)31(21-25-6-4-3-5-7-25)39(23-26-8-10-27(36)11-9-26)34(41)24-40(29-14-12-28(37)13-15-29)47(43,44)30-16-17-32-33(22-30)46-20-19-45-32/h3-17,22,31H,2,18-21,23-24H2,1H3,(H,38,42)/t31-/m1/s1. The molecule has 0 aromatic heterocycles. The van der Waals surface area contributed by atoms with Gasteiger partial charge in [0, 0.05) is 25.6 Å². The molecule has 0 spiro atoms. The van der Waals surface area contributed by atoms with Gasteiger partial charge in [0.15, 0.2) is 11.5 Å². The number of carbonyl (C=O) groups excluding carboxylic acids is 2. The molecule has 1 aliphatic heterocycles. The first kappa shape index (κ1) is 33.4. The topological polar surface area (TPSA) is 105 Å². The summed E-state index contributed by atoms with van der Waals surface area (Å²) in [7, 11) is -4.45. The molecule has 0 radical (unpaired) electrons. The fraction of sp³-hybridized carbons (Fsp3) is 0.257. The number of anilines is 1. The average Bonchev–Trinajstić information content (AvgIpc) is 3.09. The van der Waals surface area contributed by atoms with Gasteiger partial charge in [0.2, 0.25) is 11.8 Å². The van der Waals surface area contributed by atoms with Crippen molar-refractivity contribution >= 4 is 27.5 Å². The van der Waals surface area contributed by atoms with Crippen LogP contribution in [0.2, 0.25) is 0 Å². The molecule has 0 unspecified atom stereocenters. The lowest BCUT2D eigenvalue weighted by molar-refractivity contribution is -0.140. The molecule has 246 valence electrons. The van der Waals surface area contributed by atoms with Crippen LogP contribution in [0.5, 0.6) is 11.5 Å². The van der Waals surface area contributed by atoms with Crippen LogP contribution in [0.1, 0.15) is 24.5 Å². The number of rotatable bonds is 13. The van der Waals surface area contributed by atoms with Gasteiger partial charge in [-0.1, -0.05) is 49.4 Å². The van der Waals surface area contributed by atoms with Crippen molar-refractivity contribution in [3.8, 4) is 11.5 Å². The summed E-state index contributed by atoms with van der Waals surface area (Å²) in [6, 6.07) is 22.4. The van der Waals surface area contributed by atoms with E-state index in [1.165, 1.54) is 59.5 Å². The molecule has 1 heterocycles. The zero-order valence-electron chi connectivity index (χ0n) is 25.8. The molecule has 0 bridgehead atoms. The van der Waals surface area contributed by atoms with Crippen LogP contribution in [0.15, 0.2) is 102 Å². The van der Waals surface area contributed by atoms with E-state index in [9.17, 15) is 26.8 Å². The summed E-state index contributed by atoms with van der Waals surface area (Å²) < 4.78 is 68.3. The van der Waals surface area contributed by atoms with Gasteiger partial charge < -0.3 is 19.7 Å². The Morgan fingerprint density at radius 3 is 2.13 bits per heavy atom. The molecule has 47 heavy (non-hydrogen) atoms. The lowest BCUT2D eigenvalue weighted by atomic mass is 10.0. The van der Waals surface area contributed by atoms with Gasteiger partial charge in [-0.3, -0.25) is 13.9 Å². The van der Waals surface area contributed by atoms with Crippen molar-refractivity contribution in [1.29, 1.82) is 0 Å². The highest BCUT2D eigenvalue weighted by Gasteiger charge is 2.35. The van der Waals surface area contributed by atoms with Crippen molar-refractivity contribution in [2.45, 2.75) is 37.2 Å². The Kier molecular flexibility index (Phi) is 10.7. The van der Waals surface area contributed by atoms with Gasteiger partial charge in [0.25, 0.3) is 10.0 Å². The molecule has 12 heteroatoms. The van der Waals surface area contributed by atoms with Gasteiger partial charge in [0.1, 0.15) is 37.4 Å². The zero-order valence-corrected chi connectivity index (χ0v) is 26.6. The third-order valence-corrected chi connectivity index (χ3v) is 9.35. The van der Waals surface area contributed by atoms with E-state index in [0.717, 1.165) is 22.0 Å². The lowest BCUT2D eigenvalue weighted by Crippen LogP contribution is -2.53. The van der Waals surface area contributed by atoms with Crippen molar-refractivity contribution < 1.29 is 36.3 Å². The van der Waals surface area contributed by atoms with Crippen LogP contribution in [0.4, 0.5) is 14.5 Å². The predicted octanol–water partition coefficient (Wildman–Crippen LogP) is 5.10. The van der Waals surface area contributed by atoms with Crippen molar-refractivity contribution in [2.75, 3.05) is 30.6 Å². The number of sulfonamides is 1. The largest absolute Gasteiger partial charge is 0.486 e. The molecule has 1 N–H and O–H groups in total. The fourth-order valence-electron chi connectivity index (χ4n) is 5.15. The molecule has 4 aromatic carbocycles. The average molecular weight is 664 g/mol. The highest BCUT2D eigenvalue weighted by molar-refractivity contribution is 7.92. The van der Waals surface area contributed by atoms with Crippen LogP contribution >= 0.6 is 0 Å². The Morgan fingerprint density at radius 1 is 0.830 bits per heavy atom. The number of nitrogens with zero attached hydrogens (tertiary/aromatic N) is 2. The summed E-state index contributed by atoms with van der Waals surface area (Å²) in [5.74, 6) is -1.57. The van der Waals surface area contributed by atoms with E-state index in [1.807, 2.05) is 37.3 Å². The first-order chi connectivity index (χ1) is 22.7. The number of halogens is 2. The number of hydrogen-bond donors (Lipinski definition) is 1. The van der Waals surface area contributed by atoms with E-state index in [4.69, 9.17) is 9.47 Å². The molecule has 1 atom stereocenters. The first-order valence-electron chi connectivity index (χ1n) is 15.2. The Labute approximate surface area is 272 Å². The SMILES string of the molecule is CCCNC(=O)[C@@H](Cc1ccccc1)N(Cc1ccc(F)cc1)C(=O)CN(c1ccc(F)cc1)S(=O)(=O)c1ccc2c(c1)OCCO2. The molecule has 0 saturated heterocycles. The van der Waals surface area contributed by atoms with E-state index in [-0.39, 0.29) is 35.9 Å². The summed E-state index contributed by atoms with van der Waals surface area (Å²) >= 11 is 0. The van der Waals surface area contributed by atoms with E-state index < -0.39 is 46.1 Å². The van der Waals surface area contributed by atoms with E-state index in [0.29, 0.717) is 30.9 Å². The minimum Gasteiger partial charge on any atom is -0.486 e. The summed E-state index contributed by atoms with van der Waals surface area (Å²) in [5, 5.41) is 2.87. The smallest absolute Gasteiger partial charge is 0.264 e. The molecule has 5 rings (SSSR count). The number of amides is 2. The Bertz CT molecular complexity index is 1790. The van der Waals surface area contributed by atoms with Crippen molar-refractivity contribution in [3.05, 3.63) is 120 Å². The number of carbonyl (C=O) groups is 2. The molecule has 1 aliphatic rings. The maximum atomic E-state index is 14.4. The minimum atomic E-state index is -4.45. The summed E-state index contributed by atoms with van der Waals surface area (Å²) in [6.45, 7) is 1.97. The Hall–Kier alpha value is -4.97. The molecule has 9 nitrogen and oxygen atoms in total. The molecule has 0 fully saturated rings. The number of nitrogens with one attached hydrogen (secondary N) is 1. The monoisotopic (exact) mass is 663 g/mol. The second-order valence-electron chi connectivity index (χ2n) is 10.9. The molecular formula is C35H35F2N3O6S. The third-order valence-electron chi connectivity index (χ3n) is 7.58. The highest BCUT2D eigenvalue weighted by Crippen LogP contribution is 2.34. The van der Waals surface area contributed by atoms with Gasteiger partial charge >= 0.3 is 0 Å². The van der Waals surface area contributed by atoms with E-state index >= 15 is 0 Å². The molecule has 0 aliphatic carbocycles. The molecular weight excluding hydrogens is 628 g/mol. The third kappa shape index (κ3) is 8.25. The number of benzene rings is 4. The zero-order chi connectivity index (χ0) is 33.4. The van der Waals surface area contributed by atoms with Gasteiger partial charge in [-0.2, -0.15) is 0 Å². The van der Waals surface area contributed by atoms with Crippen molar-refractivity contribution in [2.24, 2.45) is 0 Å². The number of ether oxygens (including phenoxy) is 2.